The van der Waals surface area contributed by atoms with Gasteiger partial charge in [0.2, 0.25) is 5.78 Å². The topological polar surface area (TPSA) is 47.8 Å². The van der Waals surface area contributed by atoms with Crippen LogP contribution in [0, 0.1) is 0 Å². The molecule has 0 aliphatic rings. The van der Waals surface area contributed by atoms with Gasteiger partial charge in [-0.2, -0.15) is 0 Å². The molecule has 0 spiro atoms. The number of carbonyl (C=O) groups is 1. The lowest BCUT2D eigenvalue weighted by Gasteiger charge is -2.10. The zero-order valence-electron chi connectivity index (χ0n) is 15.9. The molecular weight excluding hydrogens is 437 g/mol. The van der Waals surface area contributed by atoms with Crippen LogP contribution in [0.5, 0.6) is 0 Å². The molecule has 0 saturated carbocycles. The molecule has 0 amide bonds. The van der Waals surface area contributed by atoms with Gasteiger partial charge in [-0.25, -0.2) is 9.97 Å². The van der Waals surface area contributed by atoms with Crippen LogP contribution in [0.1, 0.15) is 26.5 Å². The molecular formula is C23H15Cl2N3OS. The van der Waals surface area contributed by atoms with Crippen molar-refractivity contribution in [2.75, 3.05) is 0 Å². The van der Waals surface area contributed by atoms with Gasteiger partial charge in [0.15, 0.2) is 0 Å². The first-order chi connectivity index (χ1) is 14.5. The molecule has 3 heterocycles. The summed E-state index contributed by atoms with van der Waals surface area (Å²) in [5.74, 6) is -0.117. The number of nitrogens with zero attached hydrogens (tertiary/aromatic N) is 3. The van der Waals surface area contributed by atoms with Crippen molar-refractivity contribution in [1.82, 2.24) is 14.5 Å². The van der Waals surface area contributed by atoms with Crippen LogP contribution < -0.4 is 0 Å². The lowest BCUT2D eigenvalue weighted by atomic mass is 10.0. The number of pyridine rings is 1. The summed E-state index contributed by atoms with van der Waals surface area (Å²) in [5, 5.41) is 2.82. The monoisotopic (exact) mass is 451 g/mol. The molecule has 30 heavy (non-hydrogen) atoms. The van der Waals surface area contributed by atoms with Gasteiger partial charge in [0, 0.05) is 39.6 Å². The van der Waals surface area contributed by atoms with Gasteiger partial charge in [0.25, 0.3) is 0 Å². The van der Waals surface area contributed by atoms with Gasteiger partial charge < -0.3 is 4.57 Å². The zero-order chi connectivity index (χ0) is 20.8. The van der Waals surface area contributed by atoms with E-state index in [1.54, 1.807) is 53.7 Å². The summed E-state index contributed by atoms with van der Waals surface area (Å²) in [6.45, 7) is 0. The second kappa shape index (κ2) is 7.51. The first kappa shape index (κ1) is 19.2. The van der Waals surface area contributed by atoms with E-state index < -0.39 is 0 Å². The highest BCUT2D eigenvalue weighted by Gasteiger charge is 2.18. The molecule has 0 fully saturated rings. The predicted molar refractivity (Wildman–Crippen MR) is 123 cm³/mol. The number of halogens is 2. The predicted octanol–water partition coefficient (Wildman–Crippen LogP) is 6.31. The van der Waals surface area contributed by atoms with E-state index in [0.29, 0.717) is 38.8 Å². The number of hydrogen-bond donors (Lipinski definition) is 0. The highest BCUT2D eigenvalue weighted by atomic mass is 35.5. The van der Waals surface area contributed by atoms with Gasteiger partial charge in [-0.15, -0.1) is 11.3 Å². The Hall–Kier alpha value is -2.73. The minimum absolute atomic E-state index is 0.117. The summed E-state index contributed by atoms with van der Waals surface area (Å²) in [7, 11) is 1.79. The van der Waals surface area contributed by atoms with Crippen molar-refractivity contribution in [3.8, 4) is 0 Å². The van der Waals surface area contributed by atoms with Crippen LogP contribution in [0.3, 0.4) is 0 Å². The molecule has 0 saturated heterocycles. The number of ketones is 1. The molecule has 7 heteroatoms. The minimum Gasteiger partial charge on any atom is -0.331 e. The van der Waals surface area contributed by atoms with Gasteiger partial charge in [-0.1, -0.05) is 41.4 Å². The van der Waals surface area contributed by atoms with Crippen LogP contribution >= 0.6 is 34.5 Å². The number of aryl methyl sites for hydroxylation is 1. The third kappa shape index (κ3) is 3.29. The molecule has 0 aliphatic heterocycles. The fourth-order valence-electron chi connectivity index (χ4n) is 3.55. The Morgan fingerprint density at radius 1 is 1.13 bits per heavy atom. The fraction of sp³-hybridized carbons (Fsp3) is 0.0870. The maximum absolute atomic E-state index is 12.9. The Kier molecular flexibility index (Phi) is 4.82. The number of carbonyl (C=O) groups excluding carboxylic acids is 1. The highest BCUT2D eigenvalue weighted by Crippen LogP contribution is 2.35. The molecule has 2 aromatic carbocycles. The van der Waals surface area contributed by atoms with E-state index in [-0.39, 0.29) is 5.78 Å². The van der Waals surface area contributed by atoms with E-state index in [1.165, 1.54) is 10.1 Å². The summed E-state index contributed by atoms with van der Waals surface area (Å²) >= 11 is 15.0. The first-order valence-electron chi connectivity index (χ1n) is 9.27. The first-order valence-corrected chi connectivity index (χ1v) is 10.8. The second-order valence-electron chi connectivity index (χ2n) is 7.07. The van der Waals surface area contributed by atoms with Crippen molar-refractivity contribution < 1.29 is 4.79 Å². The average molecular weight is 452 g/mol. The highest BCUT2D eigenvalue weighted by molar-refractivity contribution is 7.19. The summed E-state index contributed by atoms with van der Waals surface area (Å²) in [5.41, 5.74) is 2.47. The van der Waals surface area contributed by atoms with Crippen LogP contribution in [0.15, 0.2) is 61.1 Å². The standard InChI is InChI=1S/C23H15Cl2N3OS/c1-28-12-26-11-19(28)22(29)14-6-7-18-16(9-14)21(24)17(23(25)27-18)10-15-8-13-4-2-3-5-20(13)30-15/h2-9,11-12H,10H2,1H3. The average Bonchev–Trinajstić information content (AvgIpc) is 3.35. The van der Waals surface area contributed by atoms with Crippen molar-refractivity contribution in [2.24, 2.45) is 7.05 Å². The number of thiophene rings is 1. The largest absolute Gasteiger partial charge is 0.331 e. The third-order valence-electron chi connectivity index (χ3n) is 5.10. The number of aromatic nitrogens is 3. The number of hydrogen-bond acceptors (Lipinski definition) is 4. The van der Waals surface area contributed by atoms with Crippen LogP contribution in [0.4, 0.5) is 0 Å². The van der Waals surface area contributed by atoms with Crippen LogP contribution in [0.25, 0.3) is 21.0 Å². The number of rotatable bonds is 4. The Labute approximate surface area is 186 Å². The smallest absolute Gasteiger partial charge is 0.211 e. The van der Waals surface area contributed by atoms with Gasteiger partial charge in [-0.05, 0) is 35.7 Å². The normalized spacial score (nSPS) is 11.4. The van der Waals surface area contributed by atoms with Gasteiger partial charge >= 0.3 is 0 Å². The lowest BCUT2D eigenvalue weighted by molar-refractivity contribution is 0.103. The van der Waals surface area contributed by atoms with E-state index >= 15 is 0 Å². The lowest BCUT2D eigenvalue weighted by Crippen LogP contribution is -2.07. The summed E-state index contributed by atoms with van der Waals surface area (Å²) < 4.78 is 2.92. The summed E-state index contributed by atoms with van der Waals surface area (Å²) in [4.78, 5) is 22.6. The maximum atomic E-state index is 12.9. The van der Waals surface area contributed by atoms with E-state index in [0.717, 1.165) is 10.4 Å². The number of fused-ring (bicyclic) bond motifs is 2. The quantitative estimate of drug-likeness (QED) is 0.237. The van der Waals surface area contributed by atoms with Crippen LogP contribution in [-0.2, 0) is 13.5 Å². The second-order valence-corrected chi connectivity index (χ2v) is 8.98. The van der Waals surface area contributed by atoms with E-state index in [4.69, 9.17) is 23.2 Å². The van der Waals surface area contributed by atoms with E-state index in [1.807, 2.05) is 12.1 Å². The van der Waals surface area contributed by atoms with Crippen molar-refractivity contribution in [2.45, 2.75) is 6.42 Å². The molecule has 4 nitrogen and oxygen atoms in total. The van der Waals surface area contributed by atoms with E-state index in [2.05, 4.69) is 28.2 Å². The van der Waals surface area contributed by atoms with Gasteiger partial charge in [0.1, 0.15) is 10.8 Å². The molecule has 0 bridgehead atoms. The third-order valence-corrected chi connectivity index (χ3v) is 6.97. The summed E-state index contributed by atoms with van der Waals surface area (Å²) in [6, 6.07) is 15.7. The minimum atomic E-state index is -0.117. The summed E-state index contributed by atoms with van der Waals surface area (Å²) in [6.07, 6.45) is 3.74. The van der Waals surface area contributed by atoms with Crippen molar-refractivity contribution in [3.05, 3.63) is 92.9 Å². The van der Waals surface area contributed by atoms with Crippen LogP contribution in [0.2, 0.25) is 10.2 Å². The molecule has 0 atom stereocenters. The molecule has 0 aliphatic carbocycles. The molecule has 3 aromatic heterocycles. The van der Waals surface area contributed by atoms with Gasteiger partial charge in [0.05, 0.1) is 23.1 Å². The van der Waals surface area contributed by atoms with Crippen molar-refractivity contribution >= 4 is 61.3 Å². The molecule has 0 radical (unpaired) electrons. The van der Waals surface area contributed by atoms with Crippen molar-refractivity contribution in [1.29, 1.82) is 0 Å². The van der Waals surface area contributed by atoms with Crippen LogP contribution in [-0.4, -0.2) is 20.3 Å². The Balaban J connectivity index is 1.58. The molecule has 0 unspecified atom stereocenters. The van der Waals surface area contributed by atoms with E-state index in [9.17, 15) is 4.79 Å². The Bertz CT molecular complexity index is 1400. The number of benzene rings is 2. The number of imidazole rings is 1. The molecule has 5 aromatic rings. The fourth-order valence-corrected chi connectivity index (χ4v) is 5.23. The molecule has 148 valence electrons. The molecule has 0 N–H and O–H groups in total. The Morgan fingerprint density at radius 2 is 1.97 bits per heavy atom. The molecule has 5 rings (SSSR count). The maximum Gasteiger partial charge on any atom is 0.211 e. The SMILES string of the molecule is Cn1cncc1C(=O)c1ccc2nc(Cl)c(Cc3cc4ccccc4s3)c(Cl)c2c1. The Morgan fingerprint density at radius 3 is 2.73 bits per heavy atom. The van der Waals surface area contributed by atoms with Crippen molar-refractivity contribution in [3.63, 3.8) is 0 Å². The zero-order valence-corrected chi connectivity index (χ0v) is 18.2. The van der Waals surface area contributed by atoms with Gasteiger partial charge in [-0.3, -0.25) is 4.79 Å².